The molecule has 0 bridgehead atoms. The molecule has 1 heterocycles. The number of carbonyl (C=O) groups is 1. The van der Waals surface area contributed by atoms with E-state index in [4.69, 9.17) is 0 Å². The van der Waals surface area contributed by atoms with Crippen LogP contribution in [0.15, 0.2) is 30.3 Å². The van der Waals surface area contributed by atoms with Gasteiger partial charge in [-0.3, -0.25) is 4.79 Å². The van der Waals surface area contributed by atoms with Crippen LogP contribution in [0.5, 0.6) is 0 Å². The summed E-state index contributed by atoms with van der Waals surface area (Å²) in [5.74, 6) is 3.38. The number of carbonyl (C=O) groups excluding carboxylic acids is 1. The molecule has 80 valence electrons. The van der Waals surface area contributed by atoms with Gasteiger partial charge in [-0.1, -0.05) is 30.3 Å². The maximum absolute atomic E-state index is 11.9. The molecule has 15 heavy (non-hydrogen) atoms. The van der Waals surface area contributed by atoms with E-state index in [2.05, 4.69) is 5.32 Å². The van der Waals surface area contributed by atoms with E-state index in [1.54, 1.807) is 0 Å². The first kappa shape index (κ1) is 10.7. The summed E-state index contributed by atoms with van der Waals surface area (Å²) < 4.78 is 0. The van der Waals surface area contributed by atoms with Crippen molar-refractivity contribution in [3.63, 3.8) is 0 Å². The maximum Gasteiger partial charge on any atom is 0.211 e. The Bertz CT molecular complexity index is 320. The Labute approximate surface area is 93.4 Å². The van der Waals surface area contributed by atoms with E-state index in [1.165, 1.54) is 11.5 Å². The second kappa shape index (κ2) is 5.33. The van der Waals surface area contributed by atoms with E-state index < -0.39 is 0 Å². The van der Waals surface area contributed by atoms with Crippen molar-refractivity contribution >= 4 is 16.7 Å². The molecule has 2 nitrogen and oxygen atoms in total. The predicted molar refractivity (Wildman–Crippen MR) is 65.6 cm³/mol. The van der Waals surface area contributed by atoms with Gasteiger partial charge in [0.05, 0.1) is 0 Å². The molecule has 2 rings (SSSR count). The van der Waals surface area contributed by atoms with Gasteiger partial charge in [-0.25, -0.2) is 0 Å². The second-order valence-electron chi connectivity index (χ2n) is 3.70. The first-order valence-electron chi connectivity index (χ1n) is 5.29. The third kappa shape index (κ3) is 3.08. The molecular formula is C12H16NOS+. The first-order valence-corrected chi connectivity index (χ1v) is 7.02. The molecule has 1 N–H and O–H groups in total. The molecular weight excluding hydrogens is 206 g/mol. The van der Waals surface area contributed by atoms with Crippen LogP contribution in [0, 0.1) is 0 Å². The highest BCUT2D eigenvalue weighted by molar-refractivity contribution is 7.97. The predicted octanol–water partition coefficient (Wildman–Crippen LogP) is 1.09. The summed E-state index contributed by atoms with van der Waals surface area (Å²) in [6.45, 7) is 2.15. The summed E-state index contributed by atoms with van der Waals surface area (Å²) in [6.07, 6.45) is 0. The van der Waals surface area contributed by atoms with Gasteiger partial charge in [0.1, 0.15) is 11.5 Å². The number of hydrogen-bond acceptors (Lipinski definition) is 2. The monoisotopic (exact) mass is 222 g/mol. The van der Waals surface area contributed by atoms with Crippen molar-refractivity contribution in [2.45, 2.75) is 0 Å². The summed E-state index contributed by atoms with van der Waals surface area (Å²) in [7, 11) is 0.313. The van der Waals surface area contributed by atoms with Crippen LogP contribution in [-0.4, -0.2) is 36.1 Å². The van der Waals surface area contributed by atoms with Crippen molar-refractivity contribution in [2.75, 3.05) is 30.3 Å². The Balaban J connectivity index is 1.91. The van der Waals surface area contributed by atoms with E-state index in [-0.39, 0.29) is 0 Å². The Hall–Kier alpha value is -0.800. The van der Waals surface area contributed by atoms with Crippen LogP contribution in [0.4, 0.5) is 0 Å². The molecule has 1 saturated heterocycles. The number of nitrogens with one attached hydrogen (secondary N) is 1. The highest BCUT2D eigenvalue weighted by Gasteiger charge is 2.25. The lowest BCUT2D eigenvalue weighted by Gasteiger charge is -2.14. The summed E-state index contributed by atoms with van der Waals surface area (Å²) in [4.78, 5) is 11.9. The fraction of sp³-hybridized carbons (Fsp3) is 0.417. The largest absolute Gasteiger partial charge is 0.308 e. The normalized spacial score (nSPS) is 17.6. The fourth-order valence-electron chi connectivity index (χ4n) is 1.70. The summed E-state index contributed by atoms with van der Waals surface area (Å²) in [6, 6.07) is 9.63. The molecule has 0 amide bonds. The Morgan fingerprint density at radius 3 is 2.53 bits per heavy atom. The number of benzene rings is 1. The van der Waals surface area contributed by atoms with Gasteiger partial charge >= 0.3 is 0 Å². The first-order chi connectivity index (χ1) is 7.36. The van der Waals surface area contributed by atoms with Crippen molar-refractivity contribution in [1.82, 2.24) is 5.32 Å². The zero-order chi connectivity index (χ0) is 10.5. The molecule has 0 saturated carbocycles. The van der Waals surface area contributed by atoms with Gasteiger partial charge in [-0.05, 0) is 10.9 Å². The zero-order valence-corrected chi connectivity index (χ0v) is 9.56. The zero-order valence-electron chi connectivity index (χ0n) is 8.74. The van der Waals surface area contributed by atoms with Crippen LogP contribution >= 0.6 is 0 Å². The van der Waals surface area contributed by atoms with E-state index in [9.17, 15) is 4.79 Å². The Kier molecular flexibility index (Phi) is 3.80. The van der Waals surface area contributed by atoms with Crippen LogP contribution in [-0.2, 0) is 10.9 Å². The van der Waals surface area contributed by atoms with Crippen molar-refractivity contribution in [3.8, 4) is 0 Å². The Morgan fingerprint density at radius 1 is 1.20 bits per heavy atom. The lowest BCUT2D eigenvalue weighted by Crippen LogP contribution is -2.39. The molecule has 0 aromatic heterocycles. The molecule has 3 heteroatoms. The standard InChI is InChI=1S/C12H16NOS/c14-12(11-4-2-1-3-5-11)10-15-8-6-13-7-9-15/h1-5,13H,6-10H2/q+1. The highest BCUT2D eigenvalue weighted by Crippen LogP contribution is 2.06. The smallest absolute Gasteiger partial charge is 0.211 e. The summed E-state index contributed by atoms with van der Waals surface area (Å²) in [5, 5.41) is 3.32. The minimum atomic E-state index is 0.306. The van der Waals surface area contributed by atoms with E-state index in [0.29, 0.717) is 16.7 Å². The van der Waals surface area contributed by atoms with Crippen LogP contribution < -0.4 is 5.32 Å². The molecule has 0 radical (unpaired) electrons. The van der Waals surface area contributed by atoms with E-state index in [0.717, 1.165) is 24.4 Å². The van der Waals surface area contributed by atoms with Gasteiger partial charge in [-0.2, -0.15) is 0 Å². The molecule has 0 unspecified atom stereocenters. The maximum atomic E-state index is 11.9. The number of Topliss-reactive ketones (excluding diaryl/α,β-unsaturated/α-hetero) is 1. The quantitative estimate of drug-likeness (QED) is 0.613. The Morgan fingerprint density at radius 2 is 1.87 bits per heavy atom. The van der Waals surface area contributed by atoms with Gasteiger partial charge in [-0.15, -0.1) is 0 Å². The number of hydrogen-bond donors (Lipinski definition) is 1. The third-order valence-corrected chi connectivity index (χ3v) is 4.80. The SMILES string of the molecule is O=C(C[S+]1CCNCC1)c1ccccc1. The number of rotatable bonds is 3. The van der Waals surface area contributed by atoms with Gasteiger partial charge < -0.3 is 5.32 Å². The fourth-order valence-corrected chi connectivity index (χ4v) is 3.59. The van der Waals surface area contributed by atoms with Crippen LogP contribution in [0.2, 0.25) is 0 Å². The van der Waals surface area contributed by atoms with Crippen LogP contribution in [0.3, 0.4) is 0 Å². The molecule has 1 aromatic rings. The van der Waals surface area contributed by atoms with Crippen molar-refractivity contribution in [3.05, 3.63) is 35.9 Å². The molecule has 1 aliphatic rings. The van der Waals surface area contributed by atoms with Gasteiger partial charge in [0.25, 0.3) is 0 Å². The summed E-state index contributed by atoms with van der Waals surface area (Å²) in [5.41, 5.74) is 0.864. The average molecular weight is 222 g/mol. The molecule has 0 spiro atoms. The minimum Gasteiger partial charge on any atom is -0.308 e. The lowest BCUT2D eigenvalue weighted by atomic mass is 10.2. The second-order valence-corrected chi connectivity index (χ2v) is 6.03. The van der Waals surface area contributed by atoms with Gasteiger partial charge in [0, 0.05) is 18.7 Å². The van der Waals surface area contributed by atoms with E-state index in [1.807, 2.05) is 30.3 Å². The molecule has 0 aliphatic carbocycles. The van der Waals surface area contributed by atoms with Crippen molar-refractivity contribution in [1.29, 1.82) is 0 Å². The minimum absolute atomic E-state index is 0.306. The topological polar surface area (TPSA) is 29.1 Å². The van der Waals surface area contributed by atoms with Gasteiger partial charge in [0.2, 0.25) is 5.78 Å². The molecule has 1 aliphatic heterocycles. The molecule has 1 aromatic carbocycles. The molecule has 1 fully saturated rings. The highest BCUT2D eigenvalue weighted by atomic mass is 32.2. The van der Waals surface area contributed by atoms with Crippen LogP contribution in [0.1, 0.15) is 10.4 Å². The van der Waals surface area contributed by atoms with E-state index >= 15 is 0 Å². The third-order valence-electron chi connectivity index (χ3n) is 2.57. The van der Waals surface area contributed by atoms with Gasteiger partial charge in [0.15, 0.2) is 5.75 Å². The molecule has 0 atom stereocenters. The van der Waals surface area contributed by atoms with Crippen LogP contribution in [0.25, 0.3) is 0 Å². The lowest BCUT2D eigenvalue weighted by molar-refractivity contribution is 0.102. The van der Waals surface area contributed by atoms with Crippen molar-refractivity contribution < 1.29 is 4.79 Å². The summed E-state index contributed by atoms with van der Waals surface area (Å²) >= 11 is 0. The van der Waals surface area contributed by atoms with Crippen molar-refractivity contribution in [2.24, 2.45) is 0 Å². The average Bonchev–Trinajstić information content (AvgIpc) is 2.31. The number of ketones is 1.